The Balaban J connectivity index is 1.96. The molecule has 0 aromatic heterocycles. The maximum Gasteiger partial charge on any atom is 0.261 e. The van der Waals surface area contributed by atoms with Gasteiger partial charge in [-0.3, -0.25) is 29.0 Å². The molecule has 6 nitrogen and oxygen atoms in total. The summed E-state index contributed by atoms with van der Waals surface area (Å²) < 4.78 is 0. The molecule has 2 aromatic rings. The highest BCUT2D eigenvalue weighted by Gasteiger charge is 2.39. The predicted octanol–water partition coefficient (Wildman–Crippen LogP) is 3.34. The Labute approximate surface area is 163 Å². The molecular formula is C22H22N2O4. The number of nitrogens with zero attached hydrogens (tertiary/aromatic N) is 2. The van der Waals surface area contributed by atoms with Crippen LogP contribution >= 0.6 is 0 Å². The molecule has 2 aromatic carbocycles. The standard InChI is InChI=1S/C22H22N2O4/c1-11(2)9-23-19(25)13-5-7-15-18-16(8-6-14(17(13)18)20(23)26)22(28)24(21(15)27)10-12(3)4/h5-8,11-12H,9-10H2,1-4H3. The lowest BCUT2D eigenvalue weighted by Crippen LogP contribution is -2.45. The van der Waals surface area contributed by atoms with Crippen LogP contribution in [-0.4, -0.2) is 46.5 Å². The van der Waals surface area contributed by atoms with Crippen LogP contribution in [-0.2, 0) is 0 Å². The van der Waals surface area contributed by atoms with Crippen molar-refractivity contribution >= 4 is 34.4 Å². The highest BCUT2D eigenvalue weighted by molar-refractivity contribution is 6.33. The zero-order valence-corrected chi connectivity index (χ0v) is 16.4. The fourth-order valence-corrected chi connectivity index (χ4v) is 4.04. The molecule has 0 aliphatic carbocycles. The van der Waals surface area contributed by atoms with Gasteiger partial charge in [0.1, 0.15) is 0 Å². The molecular weight excluding hydrogens is 356 g/mol. The summed E-state index contributed by atoms with van der Waals surface area (Å²) >= 11 is 0. The van der Waals surface area contributed by atoms with Gasteiger partial charge in [-0.2, -0.15) is 0 Å². The van der Waals surface area contributed by atoms with Gasteiger partial charge >= 0.3 is 0 Å². The third-order valence-corrected chi connectivity index (χ3v) is 5.16. The zero-order valence-electron chi connectivity index (χ0n) is 16.4. The fraction of sp³-hybridized carbons (Fsp3) is 0.364. The Morgan fingerprint density at radius 2 is 0.821 bits per heavy atom. The quantitative estimate of drug-likeness (QED) is 0.765. The lowest BCUT2D eigenvalue weighted by Gasteiger charge is -2.32. The number of rotatable bonds is 4. The molecule has 2 heterocycles. The molecule has 0 saturated heterocycles. The smallest absolute Gasteiger partial charge is 0.261 e. The van der Waals surface area contributed by atoms with Crippen molar-refractivity contribution in [3.8, 4) is 0 Å². The molecule has 2 aliphatic rings. The summed E-state index contributed by atoms with van der Waals surface area (Å²) in [4.78, 5) is 54.4. The number of hydrogen-bond donors (Lipinski definition) is 0. The first kappa shape index (κ1) is 18.3. The minimum absolute atomic E-state index is 0.134. The Kier molecular flexibility index (Phi) is 4.10. The first-order chi connectivity index (χ1) is 13.2. The van der Waals surface area contributed by atoms with Gasteiger partial charge in [0.2, 0.25) is 0 Å². The van der Waals surface area contributed by atoms with Crippen LogP contribution in [0.4, 0.5) is 0 Å². The molecule has 4 amide bonds. The summed E-state index contributed by atoms with van der Waals surface area (Å²) in [5.41, 5.74) is 1.48. The minimum Gasteiger partial charge on any atom is -0.274 e. The summed E-state index contributed by atoms with van der Waals surface area (Å²) in [6, 6.07) is 6.42. The van der Waals surface area contributed by atoms with Crippen molar-refractivity contribution in [1.29, 1.82) is 0 Å². The second-order valence-electron chi connectivity index (χ2n) is 8.30. The van der Waals surface area contributed by atoms with E-state index in [9.17, 15) is 19.2 Å². The average Bonchev–Trinajstić information content (AvgIpc) is 2.64. The van der Waals surface area contributed by atoms with Gasteiger partial charge in [0.15, 0.2) is 0 Å². The van der Waals surface area contributed by atoms with Crippen LogP contribution in [0.15, 0.2) is 24.3 Å². The van der Waals surface area contributed by atoms with E-state index in [1.165, 1.54) is 9.80 Å². The van der Waals surface area contributed by atoms with E-state index < -0.39 is 0 Å². The molecule has 144 valence electrons. The molecule has 0 N–H and O–H groups in total. The second-order valence-corrected chi connectivity index (χ2v) is 8.30. The Morgan fingerprint density at radius 1 is 0.571 bits per heavy atom. The molecule has 0 radical (unpaired) electrons. The number of hydrogen-bond acceptors (Lipinski definition) is 4. The highest BCUT2D eigenvalue weighted by atomic mass is 16.2. The molecule has 6 heteroatoms. The van der Waals surface area contributed by atoms with Crippen LogP contribution in [0.1, 0.15) is 69.1 Å². The maximum atomic E-state index is 13.0. The molecule has 4 rings (SSSR count). The SMILES string of the molecule is CC(C)CN1C(=O)c2ccc3c4c(ccc(c24)C1=O)C(=O)N(CC(C)C)C3=O. The van der Waals surface area contributed by atoms with E-state index in [0.29, 0.717) is 46.1 Å². The van der Waals surface area contributed by atoms with E-state index >= 15 is 0 Å². The Morgan fingerprint density at radius 3 is 1.04 bits per heavy atom. The van der Waals surface area contributed by atoms with Gasteiger partial charge in [-0.05, 0) is 36.1 Å². The molecule has 0 spiro atoms. The summed E-state index contributed by atoms with van der Waals surface area (Å²) in [6.45, 7) is 8.41. The maximum absolute atomic E-state index is 13.0. The summed E-state index contributed by atoms with van der Waals surface area (Å²) in [5, 5.41) is 0.854. The van der Waals surface area contributed by atoms with E-state index in [2.05, 4.69) is 0 Å². The number of amides is 4. The predicted molar refractivity (Wildman–Crippen MR) is 104 cm³/mol. The Hall–Kier alpha value is -3.02. The largest absolute Gasteiger partial charge is 0.274 e. The molecule has 0 saturated carbocycles. The average molecular weight is 378 g/mol. The van der Waals surface area contributed by atoms with Gasteiger partial charge in [0.25, 0.3) is 23.6 Å². The van der Waals surface area contributed by atoms with Crippen molar-refractivity contribution < 1.29 is 19.2 Å². The zero-order chi connectivity index (χ0) is 20.3. The Bertz CT molecular complexity index is 913. The summed E-state index contributed by atoms with van der Waals surface area (Å²) in [7, 11) is 0. The van der Waals surface area contributed by atoms with Crippen molar-refractivity contribution in [3.05, 3.63) is 46.5 Å². The minimum atomic E-state index is -0.376. The van der Waals surface area contributed by atoms with Gasteiger partial charge in [0.05, 0.1) is 0 Å². The molecule has 0 bridgehead atoms. The van der Waals surface area contributed by atoms with E-state index in [4.69, 9.17) is 0 Å². The molecule has 0 fully saturated rings. The third kappa shape index (κ3) is 2.47. The van der Waals surface area contributed by atoms with Gasteiger partial charge < -0.3 is 0 Å². The molecule has 28 heavy (non-hydrogen) atoms. The van der Waals surface area contributed by atoms with Crippen LogP contribution in [0.5, 0.6) is 0 Å². The van der Waals surface area contributed by atoms with Crippen LogP contribution in [0.25, 0.3) is 10.8 Å². The van der Waals surface area contributed by atoms with Gasteiger partial charge in [-0.25, -0.2) is 0 Å². The van der Waals surface area contributed by atoms with E-state index in [1.807, 2.05) is 27.7 Å². The second kappa shape index (κ2) is 6.26. The lowest BCUT2D eigenvalue weighted by molar-refractivity contribution is 0.0571. The van der Waals surface area contributed by atoms with Crippen molar-refractivity contribution in [3.63, 3.8) is 0 Å². The van der Waals surface area contributed by atoms with E-state index in [0.717, 1.165) is 0 Å². The van der Waals surface area contributed by atoms with E-state index in [1.54, 1.807) is 24.3 Å². The fourth-order valence-electron chi connectivity index (χ4n) is 4.04. The summed E-state index contributed by atoms with van der Waals surface area (Å²) in [6.07, 6.45) is 0. The number of carbonyl (C=O) groups is 4. The normalized spacial score (nSPS) is 16.2. The number of benzene rings is 2. The van der Waals surface area contributed by atoms with Crippen LogP contribution in [0, 0.1) is 11.8 Å². The van der Waals surface area contributed by atoms with Gasteiger partial charge in [-0.1, -0.05) is 27.7 Å². The van der Waals surface area contributed by atoms with E-state index in [-0.39, 0.29) is 35.5 Å². The van der Waals surface area contributed by atoms with Gasteiger partial charge in [-0.15, -0.1) is 0 Å². The highest BCUT2D eigenvalue weighted by Crippen LogP contribution is 2.38. The molecule has 2 aliphatic heterocycles. The van der Waals surface area contributed by atoms with Crippen molar-refractivity contribution in [2.24, 2.45) is 11.8 Å². The van der Waals surface area contributed by atoms with Crippen molar-refractivity contribution in [1.82, 2.24) is 9.80 Å². The lowest BCUT2D eigenvalue weighted by atomic mass is 9.85. The number of carbonyl (C=O) groups excluding carboxylic acids is 4. The van der Waals surface area contributed by atoms with Crippen molar-refractivity contribution in [2.75, 3.05) is 13.1 Å². The summed E-state index contributed by atoms with van der Waals surface area (Å²) in [5.74, 6) is -1.23. The monoisotopic (exact) mass is 378 g/mol. The number of imide groups is 2. The molecule has 0 unspecified atom stereocenters. The van der Waals surface area contributed by atoms with Crippen molar-refractivity contribution in [2.45, 2.75) is 27.7 Å². The third-order valence-electron chi connectivity index (χ3n) is 5.16. The molecule has 0 atom stereocenters. The topological polar surface area (TPSA) is 74.8 Å². The van der Waals surface area contributed by atoms with Gasteiger partial charge in [0, 0.05) is 46.1 Å². The first-order valence-corrected chi connectivity index (χ1v) is 9.54. The van der Waals surface area contributed by atoms with Crippen LogP contribution in [0.3, 0.4) is 0 Å². The first-order valence-electron chi connectivity index (χ1n) is 9.54. The van der Waals surface area contributed by atoms with Crippen LogP contribution < -0.4 is 0 Å². The van der Waals surface area contributed by atoms with Crippen LogP contribution in [0.2, 0.25) is 0 Å².